The Kier molecular flexibility index (Phi) is 12.3. The van der Waals surface area contributed by atoms with Crippen LogP contribution < -0.4 is 0 Å². The fourth-order valence-electron chi connectivity index (χ4n) is 5.63. The van der Waals surface area contributed by atoms with E-state index in [-0.39, 0.29) is 12.0 Å². The molecule has 1 fully saturated rings. The van der Waals surface area contributed by atoms with Crippen molar-refractivity contribution in [2.75, 3.05) is 0 Å². The molecule has 0 bridgehead atoms. The Hall–Kier alpha value is -0.910. The highest BCUT2D eigenvalue weighted by molar-refractivity contribution is 5.70. The van der Waals surface area contributed by atoms with Gasteiger partial charge in [-0.1, -0.05) is 76.9 Å². The van der Waals surface area contributed by atoms with Gasteiger partial charge in [-0.2, -0.15) is 0 Å². The zero-order valence-electron chi connectivity index (χ0n) is 20.3. The van der Waals surface area contributed by atoms with Gasteiger partial charge < -0.3 is 20.4 Å². The summed E-state index contributed by atoms with van der Waals surface area (Å²) in [5, 5.41) is 41.2. The molecule has 5 unspecified atom stereocenters. The Bertz CT molecular complexity index is 554. The molecule has 0 aromatic carbocycles. The molecule has 0 heterocycles. The molecular weight excluding hydrogens is 404 g/mol. The monoisotopic (exact) mass is 452 g/mol. The molecule has 2 aliphatic carbocycles. The van der Waals surface area contributed by atoms with Crippen molar-refractivity contribution < 1.29 is 25.2 Å². The Morgan fingerprint density at radius 2 is 1.72 bits per heavy atom. The third-order valence-electron chi connectivity index (χ3n) is 7.87. The smallest absolute Gasteiger partial charge is 0.309 e. The van der Waals surface area contributed by atoms with Crippen LogP contribution in [0.2, 0.25) is 0 Å². The molecule has 0 saturated heterocycles. The number of hydrogen-bond donors (Lipinski definition) is 4. The normalized spacial score (nSPS) is 27.2. The highest BCUT2D eigenvalue weighted by atomic mass is 16.4. The zero-order chi connectivity index (χ0) is 23.4. The molecule has 0 aromatic heterocycles. The fourth-order valence-corrected chi connectivity index (χ4v) is 5.63. The lowest BCUT2D eigenvalue weighted by Crippen LogP contribution is -2.35. The number of aliphatic carboxylic acids is 1. The van der Waals surface area contributed by atoms with E-state index in [1.807, 2.05) is 0 Å². The summed E-state index contributed by atoms with van der Waals surface area (Å²) < 4.78 is 0. The number of carboxylic acid groups (broad SMARTS) is 1. The van der Waals surface area contributed by atoms with E-state index in [1.54, 1.807) is 0 Å². The summed E-state index contributed by atoms with van der Waals surface area (Å²) in [4.78, 5) is 11.7. The summed E-state index contributed by atoms with van der Waals surface area (Å²) in [5.41, 5.74) is -0.717. The van der Waals surface area contributed by atoms with Crippen LogP contribution in [0.4, 0.5) is 0 Å². The van der Waals surface area contributed by atoms with Crippen LogP contribution >= 0.6 is 0 Å². The SMILES string of the molecule is CCCCCC1C=CC(CCCCCC(C(=O)O)C(O)CCC2(O)CCCCC2)C(O)C1. The average molecular weight is 453 g/mol. The van der Waals surface area contributed by atoms with E-state index in [9.17, 15) is 25.2 Å². The summed E-state index contributed by atoms with van der Waals surface area (Å²) in [7, 11) is 0. The van der Waals surface area contributed by atoms with E-state index in [2.05, 4.69) is 19.1 Å². The van der Waals surface area contributed by atoms with Crippen molar-refractivity contribution in [3.05, 3.63) is 12.2 Å². The molecule has 0 amide bonds. The van der Waals surface area contributed by atoms with Crippen molar-refractivity contribution >= 4 is 5.97 Å². The van der Waals surface area contributed by atoms with Gasteiger partial charge in [-0.3, -0.25) is 4.79 Å². The number of carboxylic acids is 1. The summed E-state index contributed by atoms with van der Waals surface area (Å²) in [6.45, 7) is 2.21. The molecule has 0 aliphatic heterocycles. The van der Waals surface area contributed by atoms with E-state index in [0.717, 1.165) is 64.2 Å². The van der Waals surface area contributed by atoms with Gasteiger partial charge in [0.1, 0.15) is 0 Å². The van der Waals surface area contributed by atoms with Gasteiger partial charge in [0, 0.05) is 5.92 Å². The maximum atomic E-state index is 11.7. The lowest BCUT2D eigenvalue weighted by atomic mass is 9.79. The Labute approximate surface area is 195 Å². The van der Waals surface area contributed by atoms with Crippen molar-refractivity contribution in [1.29, 1.82) is 0 Å². The molecule has 2 rings (SSSR count). The summed E-state index contributed by atoms with van der Waals surface area (Å²) in [6, 6.07) is 0. The van der Waals surface area contributed by atoms with Crippen molar-refractivity contribution in [3.8, 4) is 0 Å². The molecule has 0 radical (unpaired) electrons. The maximum Gasteiger partial charge on any atom is 0.309 e. The second-order valence-corrected chi connectivity index (χ2v) is 10.6. The van der Waals surface area contributed by atoms with Gasteiger partial charge in [0.2, 0.25) is 0 Å². The van der Waals surface area contributed by atoms with Crippen molar-refractivity contribution in [1.82, 2.24) is 0 Å². The van der Waals surface area contributed by atoms with Gasteiger partial charge in [0.05, 0.1) is 23.7 Å². The first-order chi connectivity index (χ1) is 15.3. The number of carbonyl (C=O) groups is 1. The average Bonchev–Trinajstić information content (AvgIpc) is 2.76. The van der Waals surface area contributed by atoms with Gasteiger partial charge in [-0.15, -0.1) is 0 Å². The molecule has 0 spiro atoms. The first-order valence-electron chi connectivity index (χ1n) is 13.3. The third-order valence-corrected chi connectivity index (χ3v) is 7.87. The molecule has 32 heavy (non-hydrogen) atoms. The van der Waals surface area contributed by atoms with Crippen LogP contribution in [0.3, 0.4) is 0 Å². The molecule has 5 heteroatoms. The molecule has 5 nitrogen and oxygen atoms in total. The molecular formula is C27H48O5. The minimum atomic E-state index is -0.937. The van der Waals surface area contributed by atoms with E-state index < -0.39 is 23.6 Å². The van der Waals surface area contributed by atoms with Gasteiger partial charge in [0.25, 0.3) is 0 Å². The molecule has 0 aromatic rings. The summed E-state index contributed by atoms with van der Waals surface area (Å²) in [6.07, 6.45) is 18.7. The Balaban J connectivity index is 1.65. The molecule has 186 valence electrons. The van der Waals surface area contributed by atoms with Crippen LogP contribution in [-0.4, -0.2) is 44.2 Å². The summed E-state index contributed by atoms with van der Waals surface area (Å²) >= 11 is 0. The Morgan fingerprint density at radius 3 is 2.38 bits per heavy atom. The van der Waals surface area contributed by atoms with E-state index in [0.29, 0.717) is 25.2 Å². The zero-order valence-corrected chi connectivity index (χ0v) is 20.3. The van der Waals surface area contributed by atoms with Gasteiger partial charge >= 0.3 is 5.97 Å². The molecule has 2 aliphatic rings. The van der Waals surface area contributed by atoms with Crippen LogP contribution in [0.5, 0.6) is 0 Å². The second-order valence-electron chi connectivity index (χ2n) is 10.6. The first kappa shape index (κ1) is 27.3. The lowest BCUT2D eigenvalue weighted by molar-refractivity contribution is -0.146. The van der Waals surface area contributed by atoms with Crippen molar-refractivity contribution in [2.45, 2.75) is 134 Å². The minimum absolute atomic E-state index is 0.217. The molecule has 1 saturated carbocycles. The third kappa shape index (κ3) is 9.52. The van der Waals surface area contributed by atoms with E-state index in [1.165, 1.54) is 25.7 Å². The molecule has 4 N–H and O–H groups in total. The Morgan fingerprint density at radius 1 is 1.00 bits per heavy atom. The highest BCUT2D eigenvalue weighted by Crippen LogP contribution is 2.34. The first-order valence-corrected chi connectivity index (χ1v) is 13.3. The number of unbranched alkanes of at least 4 members (excludes halogenated alkanes) is 4. The highest BCUT2D eigenvalue weighted by Gasteiger charge is 2.32. The van der Waals surface area contributed by atoms with Crippen LogP contribution in [0.1, 0.15) is 116 Å². The van der Waals surface area contributed by atoms with E-state index >= 15 is 0 Å². The van der Waals surface area contributed by atoms with Crippen LogP contribution in [-0.2, 0) is 4.79 Å². The van der Waals surface area contributed by atoms with Crippen LogP contribution in [0.25, 0.3) is 0 Å². The largest absolute Gasteiger partial charge is 0.481 e. The maximum absolute atomic E-state index is 11.7. The predicted molar refractivity (Wildman–Crippen MR) is 128 cm³/mol. The quantitative estimate of drug-likeness (QED) is 0.191. The standard InChI is InChI=1S/C27H48O5/c1-2-3-6-11-21-14-15-22(25(29)20-21)12-7-4-8-13-23(26(30)31)24(28)16-19-27(32)17-9-5-10-18-27/h14-15,21-25,28-29,32H,2-13,16-20H2,1H3,(H,30,31). The van der Waals surface area contributed by atoms with Gasteiger partial charge in [0.15, 0.2) is 0 Å². The number of aliphatic hydroxyl groups excluding tert-OH is 2. The number of aliphatic hydroxyl groups is 3. The van der Waals surface area contributed by atoms with Crippen molar-refractivity contribution in [2.24, 2.45) is 17.8 Å². The number of hydrogen-bond acceptors (Lipinski definition) is 4. The van der Waals surface area contributed by atoms with Crippen molar-refractivity contribution in [3.63, 3.8) is 0 Å². The number of rotatable bonds is 15. The van der Waals surface area contributed by atoms with Gasteiger partial charge in [-0.05, 0) is 57.3 Å². The lowest BCUT2D eigenvalue weighted by Gasteiger charge is -2.33. The topological polar surface area (TPSA) is 98.0 Å². The van der Waals surface area contributed by atoms with Crippen LogP contribution in [0, 0.1) is 17.8 Å². The van der Waals surface area contributed by atoms with E-state index in [4.69, 9.17) is 0 Å². The van der Waals surface area contributed by atoms with Crippen LogP contribution in [0.15, 0.2) is 12.2 Å². The molecule has 5 atom stereocenters. The summed E-state index contributed by atoms with van der Waals surface area (Å²) in [5.74, 6) is -0.967. The minimum Gasteiger partial charge on any atom is -0.481 e. The number of allylic oxidation sites excluding steroid dienone is 1. The fraction of sp³-hybridized carbons (Fsp3) is 0.889. The predicted octanol–water partition coefficient (Wildman–Crippen LogP) is 5.61. The second kappa shape index (κ2) is 14.4. The van der Waals surface area contributed by atoms with Gasteiger partial charge in [-0.25, -0.2) is 0 Å².